The van der Waals surface area contributed by atoms with Crippen LogP contribution in [-0.4, -0.2) is 25.7 Å². The summed E-state index contributed by atoms with van der Waals surface area (Å²) in [5.74, 6) is 0.634. The summed E-state index contributed by atoms with van der Waals surface area (Å²) < 4.78 is 0. The fourth-order valence-electron chi connectivity index (χ4n) is 1.95. The Hall–Kier alpha value is -0.860. The summed E-state index contributed by atoms with van der Waals surface area (Å²) in [6.07, 6.45) is 1.19. The first-order valence-electron chi connectivity index (χ1n) is 6.73. The van der Waals surface area contributed by atoms with Crippen LogP contribution in [0.5, 0.6) is 0 Å². The number of benzene rings is 1. The van der Waals surface area contributed by atoms with Crippen molar-refractivity contribution in [1.82, 2.24) is 10.6 Å². The molecule has 0 aromatic heterocycles. The summed E-state index contributed by atoms with van der Waals surface area (Å²) in [6, 6.07) is 11.4. The molecule has 2 N–H and O–H groups in total. The van der Waals surface area contributed by atoms with Crippen LogP contribution in [0.1, 0.15) is 38.7 Å². The van der Waals surface area contributed by atoms with Gasteiger partial charge in [0, 0.05) is 25.7 Å². The molecule has 0 aliphatic rings. The molecule has 1 aromatic carbocycles. The highest BCUT2D eigenvalue weighted by Gasteiger charge is 2.07. The molecular weight excluding hydrogens is 208 g/mol. The molecule has 1 rings (SSSR count). The van der Waals surface area contributed by atoms with Gasteiger partial charge in [-0.05, 0) is 17.9 Å². The lowest BCUT2D eigenvalue weighted by atomic mass is 9.96. The highest BCUT2D eigenvalue weighted by atomic mass is 15.0. The number of nitrogens with one attached hydrogen (secondary N) is 2. The topological polar surface area (TPSA) is 24.1 Å². The van der Waals surface area contributed by atoms with Gasteiger partial charge in [-0.1, -0.05) is 51.1 Å². The SMILES string of the molecule is CCC(CNCCNC(C)C)c1ccccc1. The van der Waals surface area contributed by atoms with E-state index >= 15 is 0 Å². The van der Waals surface area contributed by atoms with Crippen LogP contribution in [0, 0.1) is 0 Å². The summed E-state index contributed by atoms with van der Waals surface area (Å²) in [4.78, 5) is 0. The third-order valence-corrected chi connectivity index (χ3v) is 3.01. The van der Waals surface area contributed by atoms with Crippen molar-refractivity contribution < 1.29 is 0 Å². The van der Waals surface area contributed by atoms with Gasteiger partial charge in [-0.15, -0.1) is 0 Å². The molecule has 0 heterocycles. The average molecular weight is 234 g/mol. The van der Waals surface area contributed by atoms with Crippen molar-refractivity contribution in [3.05, 3.63) is 35.9 Å². The van der Waals surface area contributed by atoms with Crippen LogP contribution in [0.15, 0.2) is 30.3 Å². The monoisotopic (exact) mass is 234 g/mol. The number of hydrogen-bond donors (Lipinski definition) is 2. The summed E-state index contributed by atoms with van der Waals surface area (Å²) >= 11 is 0. The standard InChI is InChI=1S/C15H26N2/c1-4-14(15-8-6-5-7-9-15)12-16-10-11-17-13(2)3/h5-9,13-14,16-17H,4,10-12H2,1-3H3. The minimum absolute atomic E-state index is 0.577. The molecule has 0 amide bonds. The van der Waals surface area contributed by atoms with E-state index in [4.69, 9.17) is 0 Å². The fraction of sp³-hybridized carbons (Fsp3) is 0.600. The van der Waals surface area contributed by atoms with Gasteiger partial charge in [-0.25, -0.2) is 0 Å². The number of rotatable bonds is 8. The van der Waals surface area contributed by atoms with E-state index in [2.05, 4.69) is 61.7 Å². The molecule has 1 atom stereocenters. The van der Waals surface area contributed by atoms with Gasteiger partial charge in [0.25, 0.3) is 0 Å². The van der Waals surface area contributed by atoms with Gasteiger partial charge in [-0.3, -0.25) is 0 Å². The van der Waals surface area contributed by atoms with Gasteiger partial charge in [0.1, 0.15) is 0 Å². The molecular formula is C15H26N2. The average Bonchev–Trinajstić information content (AvgIpc) is 2.34. The normalized spacial score (nSPS) is 12.9. The Balaban J connectivity index is 2.24. The molecule has 1 aromatic rings. The lowest BCUT2D eigenvalue weighted by Crippen LogP contribution is -2.33. The Morgan fingerprint density at radius 3 is 2.35 bits per heavy atom. The lowest BCUT2D eigenvalue weighted by Gasteiger charge is -2.16. The molecule has 17 heavy (non-hydrogen) atoms. The van der Waals surface area contributed by atoms with E-state index in [0.29, 0.717) is 12.0 Å². The molecule has 0 aliphatic carbocycles. The van der Waals surface area contributed by atoms with Gasteiger partial charge in [-0.2, -0.15) is 0 Å². The van der Waals surface area contributed by atoms with E-state index in [1.54, 1.807) is 0 Å². The first-order chi connectivity index (χ1) is 8.24. The van der Waals surface area contributed by atoms with Gasteiger partial charge in [0.2, 0.25) is 0 Å². The van der Waals surface area contributed by atoms with Crippen LogP contribution in [-0.2, 0) is 0 Å². The van der Waals surface area contributed by atoms with Crippen molar-refractivity contribution in [2.24, 2.45) is 0 Å². The zero-order valence-electron chi connectivity index (χ0n) is 11.4. The van der Waals surface area contributed by atoms with Gasteiger partial charge >= 0.3 is 0 Å². The largest absolute Gasteiger partial charge is 0.315 e. The zero-order valence-corrected chi connectivity index (χ0v) is 11.4. The molecule has 0 saturated carbocycles. The molecule has 96 valence electrons. The van der Waals surface area contributed by atoms with Crippen molar-refractivity contribution in [3.63, 3.8) is 0 Å². The first-order valence-corrected chi connectivity index (χ1v) is 6.73. The molecule has 1 unspecified atom stereocenters. The summed E-state index contributed by atoms with van der Waals surface area (Å²) in [7, 11) is 0. The second-order valence-corrected chi connectivity index (χ2v) is 4.83. The van der Waals surface area contributed by atoms with Crippen LogP contribution < -0.4 is 10.6 Å². The van der Waals surface area contributed by atoms with E-state index in [0.717, 1.165) is 19.6 Å². The van der Waals surface area contributed by atoms with Gasteiger partial charge in [0.05, 0.1) is 0 Å². The second kappa shape index (κ2) is 8.26. The van der Waals surface area contributed by atoms with Crippen molar-refractivity contribution in [3.8, 4) is 0 Å². The smallest absolute Gasteiger partial charge is 0.00790 e. The Morgan fingerprint density at radius 2 is 1.76 bits per heavy atom. The Morgan fingerprint density at radius 1 is 1.06 bits per heavy atom. The summed E-state index contributed by atoms with van der Waals surface area (Å²) in [5, 5.41) is 6.94. The predicted molar refractivity (Wildman–Crippen MR) is 75.5 cm³/mol. The highest BCUT2D eigenvalue weighted by molar-refractivity contribution is 5.19. The maximum Gasteiger partial charge on any atom is 0.00790 e. The molecule has 0 fully saturated rings. The van der Waals surface area contributed by atoms with Crippen molar-refractivity contribution in [2.45, 2.75) is 39.2 Å². The first kappa shape index (κ1) is 14.2. The number of hydrogen-bond acceptors (Lipinski definition) is 2. The minimum atomic E-state index is 0.577. The molecule has 0 saturated heterocycles. The molecule has 0 spiro atoms. The van der Waals surface area contributed by atoms with Crippen molar-refractivity contribution in [1.29, 1.82) is 0 Å². The Labute approximate surface area is 106 Å². The zero-order chi connectivity index (χ0) is 12.5. The van der Waals surface area contributed by atoms with Gasteiger partial charge < -0.3 is 10.6 Å². The Bertz CT molecular complexity index is 282. The van der Waals surface area contributed by atoms with E-state index in [1.807, 2.05) is 0 Å². The fourth-order valence-corrected chi connectivity index (χ4v) is 1.95. The third-order valence-electron chi connectivity index (χ3n) is 3.01. The molecule has 0 aliphatic heterocycles. The highest BCUT2D eigenvalue weighted by Crippen LogP contribution is 2.17. The lowest BCUT2D eigenvalue weighted by molar-refractivity contribution is 0.525. The maximum absolute atomic E-state index is 3.53. The van der Waals surface area contributed by atoms with E-state index in [-0.39, 0.29) is 0 Å². The van der Waals surface area contributed by atoms with Crippen LogP contribution in [0.3, 0.4) is 0 Å². The minimum Gasteiger partial charge on any atom is -0.315 e. The van der Waals surface area contributed by atoms with Crippen LogP contribution >= 0.6 is 0 Å². The van der Waals surface area contributed by atoms with Crippen molar-refractivity contribution >= 4 is 0 Å². The molecule has 0 radical (unpaired) electrons. The van der Waals surface area contributed by atoms with E-state index in [9.17, 15) is 0 Å². The van der Waals surface area contributed by atoms with E-state index in [1.165, 1.54) is 12.0 Å². The summed E-state index contributed by atoms with van der Waals surface area (Å²) in [6.45, 7) is 9.77. The van der Waals surface area contributed by atoms with Crippen LogP contribution in [0.25, 0.3) is 0 Å². The molecule has 0 bridgehead atoms. The molecule has 2 nitrogen and oxygen atoms in total. The second-order valence-electron chi connectivity index (χ2n) is 4.83. The predicted octanol–water partition coefficient (Wildman–Crippen LogP) is 2.77. The Kier molecular flexibility index (Phi) is 6.90. The van der Waals surface area contributed by atoms with Crippen LogP contribution in [0.2, 0.25) is 0 Å². The van der Waals surface area contributed by atoms with Crippen LogP contribution in [0.4, 0.5) is 0 Å². The maximum atomic E-state index is 3.53. The van der Waals surface area contributed by atoms with Gasteiger partial charge in [0.15, 0.2) is 0 Å². The summed E-state index contributed by atoms with van der Waals surface area (Å²) in [5.41, 5.74) is 1.44. The molecule has 2 heteroatoms. The quantitative estimate of drug-likeness (QED) is 0.676. The van der Waals surface area contributed by atoms with E-state index < -0.39 is 0 Å². The third kappa shape index (κ3) is 5.85. The van der Waals surface area contributed by atoms with Crippen molar-refractivity contribution in [2.75, 3.05) is 19.6 Å².